The van der Waals surface area contributed by atoms with Gasteiger partial charge < -0.3 is 5.73 Å². The molecular weight excluding hydrogens is 160 g/mol. The Balaban J connectivity index is 2.56. The molecule has 2 nitrogen and oxygen atoms in total. The maximum atomic E-state index is 8.61. The van der Waals surface area contributed by atoms with E-state index in [1.54, 1.807) is 0 Å². The van der Waals surface area contributed by atoms with Gasteiger partial charge in [0.1, 0.15) is 0 Å². The van der Waals surface area contributed by atoms with Gasteiger partial charge >= 0.3 is 0 Å². The molecular formula is C11H14N2. The van der Waals surface area contributed by atoms with E-state index in [0.29, 0.717) is 0 Å². The Morgan fingerprint density at radius 3 is 2.54 bits per heavy atom. The molecule has 13 heavy (non-hydrogen) atoms. The maximum absolute atomic E-state index is 8.61. The van der Waals surface area contributed by atoms with Crippen LogP contribution in [0, 0.1) is 17.2 Å². The molecule has 2 heteroatoms. The van der Waals surface area contributed by atoms with Crippen LogP contribution in [0.5, 0.6) is 0 Å². The number of hydrogen-bond acceptors (Lipinski definition) is 2. The Morgan fingerprint density at radius 1 is 1.38 bits per heavy atom. The minimum absolute atomic E-state index is 0.215. The predicted molar refractivity (Wildman–Crippen MR) is 52.9 cm³/mol. The Labute approximate surface area is 79.0 Å². The van der Waals surface area contributed by atoms with Crippen molar-refractivity contribution in [3.05, 3.63) is 35.9 Å². The zero-order valence-corrected chi connectivity index (χ0v) is 7.77. The summed E-state index contributed by atoms with van der Waals surface area (Å²) in [5.41, 5.74) is 6.84. The summed E-state index contributed by atoms with van der Waals surface area (Å²) in [5.74, 6) is 0.215. The lowest BCUT2D eigenvalue weighted by Gasteiger charge is -2.12. The van der Waals surface area contributed by atoms with Crippen LogP contribution >= 0.6 is 0 Å². The summed E-state index contributed by atoms with van der Waals surface area (Å²) < 4.78 is 0. The highest BCUT2D eigenvalue weighted by molar-refractivity contribution is 5.16. The maximum Gasteiger partial charge on any atom is 0.0957 e. The summed E-state index contributed by atoms with van der Waals surface area (Å²) in [4.78, 5) is 0. The van der Waals surface area contributed by atoms with Crippen molar-refractivity contribution in [1.82, 2.24) is 0 Å². The molecule has 2 N–H and O–H groups in total. The van der Waals surface area contributed by atoms with Crippen LogP contribution in [0.1, 0.15) is 12.5 Å². The zero-order chi connectivity index (χ0) is 9.68. The summed E-state index contributed by atoms with van der Waals surface area (Å²) in [7, 11) is 0. The molecule has 2 unspecified atom stereocenters. The molecule has 0 aliphatic heterocycles. The van der Waals surface area contributed by atoms with Crippen LogP contribution in [0.25, 0.3) is 0 Å². The van der Waals surface area contributed by atoms with Gasteiger partial charge in [0.25, 0.3) is 0 Å². The molecule has 0 aliphatic carbocycles. The van der Waals surface area contributed by atoms with Crippen molar-refractivity contribution in [3.63, 3.8) is 0 Å². The number of nitrogens with two attached hydrogens (primary N) is 1. The third-order valence-electron chi connectivity index (χ3n) is 2.16. The fraction of sp³-hybridized carbons (Fsp3) is 0.364. The van der Waals surface area contributed by atoms with Gasteiger partial charge in [-0.05, 0) is 17.9 Å². The standard InChI is InChI=1S/C11H14N2/c1-9(11(13)8-12)7-10-5-3-2-4-6-10/h2-6,9,11H,7,13H2,1H3. The van der Waals surface area contributed by atoms with Gasteiger partial charge in [-0.2, -0.15) is 5.26 Å². The minimum atomic E-state index is -0.361. The average Bonchev–Trinajstić information content (AvgIpc) is 2.18. The molecule has 0 heterocycles. The smallest absolute Gasteiger partial charge is 0.0957 e. The first-order chi connectivity index (χ1) is 6.24. The molecule has 0 amide bonds. The van der Waals surface area contributed by atoms with E-state index in [4.69, 9.17) is 11.0 Å². The molecule has 0 aliphatic rings. The van der Waals surface area contributed by atoms with Gasteiger partial charge in [0, 0.05) is 0 Å². The predicted octanol–water partition coefficient (Wildman–Crippen LogP) is 1.72. The van der Waals surface area contributed by atoms with E-state index in [1.165, 1.54) is 5.56 Å². The van der Waals surface area contributed by atoms with E-state index < -0.39 is 0 Å². The molecule has 1 aromatic carbocycles. The first-order valence-electron chi connectivity index (χ1n) is 4.43. The lowest BCUT2D eigenvalue weighted by atomic mass is 9.95. The molecule has 2 atom stereocenters. The van der Waals surface area contributed by atoms with E-state index in [9.17, 15) is 0 Å². The highest BCUT2D eigenvalue weighted by atomic mass is 14.6. The Morgan fingerprint density at radius 2 is 2.00 bits per heavy atom. The van der Waals surface area contributed by atoms with Crippen molar-refractivity contribution in [2.45, 2.75) is 19.4 Å². The summed E-state index contributed by atoms with van der Waals surface area (Å²) >= 11 is 0. The second-order valence-corrected chi connectivity index (χ2v) is 3.32. The molecule has 0 saturated heterocycles. The average molecular weight is 174 g/mol. The fourth-order valence-corrected chi connectivity index (χ4v) is 1.24. The Bertz CT molecular complexity index is 287. The fourth-order valence-electron chi connectivity index (χ4n) is 1.24. The van der Waals surface area contributed by atoms with E-state index in [-0.39, 0.29) is 12.0 Å². The SMILES string of the molecule is CC(Cc1ccccc1)C(N)C#N. The molecule has 1 rings (SSSR count). The summed E-state index contributed by atoms with van der Waals surface area (Å²) in [6.45, 7) is 2.00. The molecule has 0 fully saturated rings. The van der Waals surface area contributed by atoms with Gasteiger partial charge in [-0.1, -0.05) is 37.3 Å². The van der Waals surface area contributed by atoms with Crippen LogP contribution < -0.4 is 5.73 Å². The summed E-state index contributed by atoms with van der Waals surface area (Å²) in [6, 6.07) is 11.8. The third kappa shape index (κ3) is 2.89. The zero-order valence-electron chi connectivity index (χ0n) is 7.77. The Kier molecular flexibility index (Phi) is 3.48. The first kappa shape index (κ1) is 9.76. The molecule has 0 spiro atoms. The van der Waals surface area contributed by atoms with Crippen LogP contribution in [0.3, 0.4) is 0 Å². The van der Waals surface area contributed by atoms with Crippen LogP contribution in [0.4, 0.5) is 0 Å². The number of nitriles is 1. The minimum Gasteiger partial charge on any atom is -0.316 e. The largest absolute Gasteiger partial charge is 0.316 e. The molecule has 1 aromatic rings. The summed E-state index contributed by atoms with van der Waals surface area (Å²) in [6.07, 6.45) is 0.871. The second-order valence-electron chi connectivity index (χ2n) is 3.32. The van der Waals surface area contributed by atoms with Crippen molar-refractivity contribution in [2.75, 3.05) is 0 Å². The van der Waals surface area contributed by atoms with Gasteiger partial charge in [0.05, 0.1) is 12.1 Å². The first-order valence-corrected chi connectivity index (χ1v) is 4.43. The van der Waals surface area contributed by atoms with Gasteiger partial charge in [-0.25, -0.2) is 0 Å². The number of hydrogen-bond donors (Lipinski definition) is 1. The van der Waals surface area contributed by atoms with E-state index >= 15 is 0 Å². The third-order valence-corrected chi connectivity index (χ3v) is 2.16. The normalized spacial score (nSPS) is 14.5. The van der Waals surface area contributed by atoms with Gasteiger partial charge in [-0.3, -0.25) is 0 Å². The van der Waals surface area contributed by atoms with E-state index in [0.717, 1.165) is 6.42 Å². The number of nitrogens with zero attached hydrogens (tertiary/aromatic N) is 1. The van der Waals surface area contributed by atoms with Crippen molar-refractivity contribution in [2.24, 2.45) is 11.7 Å². The monoisotopic (exact) mass is 174 g/mol. The van der Waals surface area contributed by atoms with Gasteiger partial charge in [0.15, 0.2) is 0 Å². The van der Waals surface area contributed by atoms with Crippen molar-refractivity contribution in [1.29, 1.82) is 5.26 Å². The van der Waals surface area contributed by atoms with Crippen LogP contribution in [-0.2, 0) is 6.42 Å². The summed E-state index contributed by atoms with van der Waals surface area (Å²) in [5, 5.41) is 8.61. The topological polar surface area (TPSA) is 49.8 Å². The van der Waals surface area contributed by atoms with E-state index in [2.05, 4.69) is 18.2 Å². The Hall–Kier alpha value is -1.33. The van der Waals surface area contributed by atoms with Gasteiger partial charge in [-0.15, -0.1) is 0 Å². The lowest BCUT2D eigenvalue weighted by molar-refractivity contribution is 0.524. The van der Waals surface area contributed by atoms with Crippen LogP contribution in [0.15, 0.2) is 30.3 Å². The molecule has 0 saturated carbocycles. The molecule has 0 bridgehead atoms. The van der Waals surface area contributed by atoms with E-state index in [1.807, 2.05) is 25.1 Å². The van der Waals surface area contributed by atoms with Crippen molar-refractivity contribution in [3.8, 4) is 6.07 Å². The highest BCUT2D eigenvalue weighted by Crippen LogP contribution is 2.09. The van der Waals surface area contributed by atoms with Crippen molar-refractivity contribution < 1.29 is 0 Å². The molecule has 0 radical (unpaired) electrons. The quantitative estimate of drug-likeness (QED) is 0.758. The van der Waals surface area contributed by atoms with Crippen molar-refractivity contribution >= 4 is 0 Å². The van der Waals surface area contributed by atoms with Crippen LogP contribution in [0.2, 0.25) is 0 Å². The number of rotatable bonds is 3. The second kappa shape index (κ2) is 4.64. The van der Waals surface area contributed by atoms with Crippen LogP contribution in [-0.4, -0.2) is 6.04 Å². The molecule has 0 aromatic heterocycles. The van der Waals surface area contributed by atoms with Gasteiger partial charge in [0.2, 0.25) is 0 Å². The number of benzene rings is 1. The highest BCUT2D eigenvalue weighted by Gasteiger charge is 2.11. The lowest BCUT2D eigenvalue weighted by Crippen LogP contribution is -2.27. The molecule has 68 valence electrons.